The van der Waals surface area contributed by atoms with Gasteiger partial charge >= 0.3 is 0 Å². The van der Waals surface area contributed by atoms with Crippen molar-refractivity contribution in [1.82, 2.24) is 0 Å². The Morgan fingerprint density at radius 3 is 1.46 bits per heavy atom. The van der Waals surface area contributed by atoms with E-state index in [-0.39, 0.29) is 0 Å². The quantitative estimate of drug-likeness (QED) is 0.352. The molecule has 2 aromatic carbocycles. The van der Waals surface area contributed by atoms with Crippen LogP contribution in [0, 0.1) is 0 Å². The van der Waals surface area contributed by atoms with Gasteiger partial charge in [0.2, 0.25) is 0 Å². The molecule has 2 aromatic rings. The minimum Gasteiger partial charge on any atom is -0.494 e. The Balaban J connectivity index is 1.89. The van der Waals surface area contributed by atoms with E-state index in [0.29, 0.717) is 0 Å². The van der Waals surface area contributed by atoms with Gasteiger partial charge in [0.1, 0.15) is 11.5 Å². The van der Waals surface area contributed by atoms with Crippen LogP contribution in [0.2, 0.25) is 0 Å². The largest absolute Gasteiger partial charge is 0.494 e. The summed E-state index contributed by atoms with van der Waals surface area (Å²) in [6.07, 6.45) is 9.82. The van der Waals surface area contributed by atoms with Crippen LogP contribution in [0.4, 0.5) is 0 Å². The van der Waals surface area contributed by atoms with Crippen molar-refractivity contribution in [3.63, 3.8) is 0 Å². The van der Waals surface area contributed by atoms with Gasteiger partial charge in [-0.25, -0.2) is 0 Å². The van der Waals surface area contributed by atoms with E-state index in [4.69, 9.17) is 9.47 Å². The number of ether oxygens (including phenoxy) is 2. The van der Waals surface area contributed by atoms with Gasteiger partial charge in [0.05, 0.1) is 13.2 Å². The van der Waals surface area contributed by atoms with Gasteiger partial charge in [-0.1, -0.05) is 76.6 Å². The van der Waals surface area contributed by atoms with Gasteiger partial charge in [0.15, 0.2) is 0 Å². The SMILES string of the molecule is CCCCCCOc1cccc(-c2cccc(OCCCCCC)c2)c1. The highest BCUT2D eigenvalue weighted by Crippen LogP contribution is 2.27. The molecule has 0 heterocycles. The van der Waals surface area contributed by atoms with Crippen molar-refractivity contribution in [2.75, 3.05) is 13.2 Å². The lowest BCUT2D eigenvalue weighted by molar-refractivity contribution is 0.304. The molecular weight excluding hydrogens is 320 g/mol. The van der Waals surface area contributed by atoms with Crippen LogP contribution in [-0.2, 0) is 0 Å². The van der Waals surface area contributed by atoms with Crippen LogP contribution in [0.3, 0.4) is 0 Å². The van der Waals surface area contributed by atoms with Gasteiger partial charge in [0, 0.05) is 0 Å². The van der Waals surface area contributed by atoms with Crippen molar-refractivity contribution in [1.29, 1.82) is 0 Å². The second-order valence-corrected chi connectivity index (χ2v) is 6.87. The molecular formula is C24H34O2. The average Bonchev–Trinajstić information content (AvgIpc) is 2.68. The summed E-state index contributed by atoms with van der Waals surface area (Å²) < 4.78 is 11.8. The lowest BCUT2D eigenvalue weighted by atomic mass is 10.1. The lowest BCUT2D eigenvalue weighted by Crippen LogP contribution is -1.98. The van der Waals surface area contributed by atoms with Crippen LogP contribution < -0.4 is 9.47 Å². The standard InChI is InChI=1S/C24H34O2/c1-3-5-7-9-17-25-23-15-11-13-21(19-23)22-14-12-16-24(20-22)26-18-10-8-6-4-2/h11-16,19-20H,3-10,17-18H2,1-2H3. The number of unbranched alkanes of at least 4 members (excludes halogenated alkanes) is 6. The molecule has 26 heavy (non-hydrogen) atoms. The average molecular weight is 355 g/mol. The zero-order valence-corrected chi connectivity index (χ0v) is 16.5. The minimum absolute atomic E-state index is 0.796. The van der Waals surface area contributed by atoms with Crippen LogP contribution in [0.5, 0.6) is 11.5 Å². The Morgan fingerprint density at radius 1 is 0.577 bits per heavy atom. The van der Waals surface area contributed by atoms with Crippen LogP contribution in [0.1, 0.15) is 65.2 Å². The highest BCUT2D eigenvalue weighted by Gasteiger charge is 2.03. The molecule has 0 amide bonds. The maximum absolute atomic E-state index is 5.92. The topological polar surface area (TPSA) is 18.5 Å². The van der Waals surface area contributed by atoms with Crippen LogP contribution in [-0.4, -0.2) is 13.2 Å². The van der Waals surface area contributed by atoms with Crippen LogP contribution >= 0.6 is 0 Å². The fraction of sp³-hybridized carbons (Fsp3) is 0.500. The molecule has 0 unspecified atom stereocenters. The van der Waals surface area contributed by atoms with E-state index in [9.17, 15) is 0 Å². The second kappa shape index (κ2) is 12.4. The van der Waals surface area contributed by atoms with Crippen molar-refractivity contribution < 1.29 is 9.47 Å². The van der Waals surface area contributed by atoms with E-state index < -0.39 is 0 Å². The first kappa shape index (κ1) is 20.4. The molecule has 0 aromatic heterocycles. The molecule has 0 saturated heterocycles. The number of hydrogen-bond donors (Lipinski definition) is 0. The minimum atomic E-state index is 0.796. The fourth-order valence-corrected chi connectivity index (χ4v) is 2.97. The third-order valence-corrected chi connectivity index (χ3v) is 4.53. The second-order valence-electron chi connectivity index (χ2n) is 6.87. The maximum atomic E-state index is 5.92. The Hall–Kier alpha value is -1.96. The van der Waals surface area contributed by atoms with E-state index in [1.807, 2.05) is 12.1 Å². The fourth-order valence-electron chi connectivity index (χ4n) is 2.97. The van der Waals surface area contributed by atoms with E-state index >= 15 is 0 Å². The monoisotopic (exact) mass is 354 g/mol. The molecule has 0 aliphatic heterocycles. The van der Waals surface area contributed by atoms with Gasteiger partial charge in [0.25, 0.3) is 0 Å². The first-order valence-electron chi connectivity index (χ1n) is 10.3. The predicted octanol–water partition coefficient (Wildman–Crippen LogP) is 7.27. The highest BCUT2D eigenvalue weighted by atomic mass is 16.5. The summed E-state index contributed by atoms with van der Waals surface area (Å²) in [5, 5.41) is 0. The van der Waals surface area contributed by atoms with Gasteiger partial charge < -0.3 is 9.47 Å². The summed E-state index contributed by atoms with van der Waals surface area (Å²) in [7, 11) is 0. The van der Waals surface area contributed by atoms with Crippen molar-refractivity contribution in [3.05, 3.63) is 48.5 Å². The summed E-state index contributed by atoms with van der Waals surface area (Å²) >= 11 is 0. The molecule has 0 N–H and O–H groups in total. The zero-order valence-electron chi connectivity index (χ0n) is 16.5. The Kier molecular flexibility index (Phi) is 9.71. The van der Waals surface area contributed by atoms with Crippen molar-refractivity contribution in [3.8, 4) is 22.6 Å². The summed E-state index contributed by atoms with van der Waals surface area (Å²) in [5.74, 6) is 1.90. The van der Waals surface area contributed by atoms with Gasteiger partial charge in [-0.15, -0.1) is 0 Å². The Bertz CT molecular complexity index is 566. The predicted molar refractivity (Wildman–Crippen MR) is 111 cm³/mol. The third kappa shape index (κ3) is 7.51. The van der Waals surface area contributed by atoms with E-state index in [1.54, 1.807) is 0 Å². The number of hydrogen-bond acceptors (Lipinski definition) is 2. The summed E-state index contributed by atoms with van der Waals surface area (Å²) in [6.45, 7) is 6.05. The maximum Gasteiger partial charge on any atom is 0.119 e. The molecule has 2 rings (SSSR count). The molecule has 142 valence electrons. The Morgan fingerprint density at radius 2 is 1.04 bits per heavy atom. The van der Waals surface area contributed by atoms with Crippen molar-refractivity contribution in [2.24, 2.45) is 0 Å². The first-order valence-corrected chi connectivity index (χ1v) is 10.3. The lowest BCUT2D eigenvalue weighted by Gasteiger charge is -2.10. The van der Waals surface area contributed by atoms with Crippen LogP contribution in [0.25, 0.3) is 11.1 Å². The molecule has 0 saturated carbocycles. The summed E-state index contributed by atoms with van der Waals surface area (Å²) in [4.78, 5) is 0. The number of rotatable bonds is 13. The van der Waals surface area contributed by atoms with Crippen molar-refractivity contribution in [2.45, 2.75) is 65.2 Å². The third-order valence-electron chi connectivity index (χ3n) is 4.53. The number of benzene rings is 2. The summed E-state index contributed by atoms with van der Waals surface area (Å²) in [5.41, 5.74) is 2.35. The van der Waals surface area contributed by atoms with Gasteiger partial charge in [-0.05, 0) is 48.2 Å². The molecule has 0 radical (unpaired) electrons. The smallest absolute Gasteiger partial charge is 0.119 e. The molecule has 0 bridgehead atoms. The van der Waals surface area contributed by atoms with Crippen molar-refractivity contribution >= 4 is 0 Å². The molecule has 0 atom stereocenters. The molecule has 0 aliphatic carbocycles. The highest BCUT2D eigenvalue weighted by molar-refractivity contribution is 5.66. The molecule has 0 spiro atoms. The normalized spacial score (nSPS) is 10.7. The van der Waals surface area contributed by atoms with E-state index in [0.717, 1.165) is 37.6 Å². The Labute approximate surface area is 159 Å². The van der Waals surface area contributed by atoms with Gasteiger partial charge in [-0.2, -0.15) is 0 Å². The molecule has 0 aliphatic rings. The molecule has 0 fully saturated rings. The zero-order chi connectivity index (χ0) is 18.5. The summed E-state index contributed by atoms with van der Waals surface area (Å²) in [6, 6.07) is 16.7. The van der Waals surface area contributed by atoms with E-state index in [1.165, 1.54) is 49.7 Å². The molecule has 2 nitrogen and oxygen atoms in total. The molecule has 2 heteroatoms. The van der Waals surface area contributed by atoms with E-state index in [2.05, 4.69) is 50.2 Å². The first-order chi connectivity index (χ1) is 12.8. The van der Waals surface area contributed by atoms with Gasteiger partial charge in [-0.3, -0.25) is 0 Å². The van der Waals surface area contributed by atoms with Crippen LogP contribution in [0.15, 0.2) is 48.5 Å².